The molecule has 6 heteroatoms. The van der Waals surface area contributed by atoms with Gasteiger partial charge >= 0.3 is 11.9 Å². The van der Waals surface area contributed by atoms with Gasteiger partial charge in [-0.2, -0.15) is 0 Å². The fourth-order valence-electron chi connectivity index (χ4n) is 5.07. The minimum absolute atomic E-state index is 0.123. The lowest BCUT2D eigenvalue weighted by Gasteiger charge is -2.26. The molecule has 42 heavy (non-hydrogen) atoms. The molecule has 6 nitrogen and oxygen atoms in total. The maximum Gasteiger partial charge on any atom is 0.330 e. The molecule has 0 N–H and O–H groups in total. The Morgan fingerprint density at radius 2 is 1.00 bits per heavy atom. The van der Waals surface area contributed by atoms with Crippen molar-refractivity contribution >= 4 is 22.7 Å². The summed E-state index contributed by atoms with van der Waals surface area (Å²) in [6.07, 6.45) is 6.60. The van der Waals surface area contributed by atoms with Crippen LogP contribution in [-0.4, -0.2) is 25.2 Å². The number of carbonyl (C=O) groups is 2. The molecule has 0 aliphatic heterocycles. The molecule has 1 aliphatic carbocycles. The molecule has 0 saturated carbocycles. The number of hydrogen-bond donors (Lipinski definition) is 0. The first-order valence-electron chi connectivity index (χ1n) is 13.8. The van der Waals surface area contributed by atoms with E-state index in [-0.39, 0.29) is 13.2 Å². The van der Waals surface area contributed by atoms with E-state index in [0.29, 0.717) is 12.8 Å². The van der Waals surface area contributed by atoms with E-state index < -0.39 is 24.1 Å². The lowest BCUT2D eigenvalue weighted by atomic mass is 9.90. The van der Waals surface area contributed by atoms with Gasteiger partial charge in [0.2, 0.25) is 0 Å². The molecular weight excluding hydrogens is 528 g/mol. The van der Waals surface area contributed by atoms with E-state index in [0.717, 1.165) is 56.7 Å². The van der Waals surface area contributed by atoms with Gasteiger partial charge < -0.3 is 18.9 Å². The van der Waals surface area contributed by atoms with Gasteiger partial charge in [-0.3, -0.25) is 0 Å². The van der Waals surface area contributed by atoms with Crippen molar-refractivity contribution in [2.24, 2.45) is 0 Å². The summed E-state index contributed by atoms with van der Waals surface area (Å²) in [6, 6.07) is 26.9. The highest BCUT2D eigenvalue weighted by atomic mass is 16.6. The lowest BCUT2D eigenvalue weighted by molar-refractivity contribution is -0.145. The van der Waals surface area contributed by atoms with E-state index in [9.17, 15) is 9.59 Å². The van der Waals surface area contributed by atoms with Gasteiger partial charge in [0.25, 0.3) is 0 Å². The van der Waals surface area contributed by atoms with Gasteiger partial charge in [-0.15, -0.1) is 0 Å². The molecule has 1 aliphatic rings. The van der Waals surface area contributed by atoms with Crippen molar-refractivity contribution in [2.75, 3.05) is 13.2 Å². The van der Waals surface area contributed by atoms with Crippen LogP contribution in [0.25, 0.3) is 10.8 Å². The standard InChI is InChI=1S/C36H32O6/c1-3-33(37)41-31(25-15-7-5-8-16-25)23-39-35-27-19-11-13-21-29(27)36(30-22-14-12-20-28(30)35)40-24-32(42-34(38)4-2)26-17-9-6-10-18-26/h3-19,21,31-32H,1-2,20,22-24H2. The van der Waals surface area contributed by atoms with Crippen molar-refractivity contribution < 1.29 is 28.5 Å². The summed E-state index contributed by atoms with van der Waals surface area (Å²) in [5, 5.41) is 1.76. The average Bonchev–Trinajstić information content (AvgIpc) is 3.05. The summed E-state index contributed by atoms with van der Waals surface area (Å²) in [4.78, 5) is 24.3. The zero-order valence-corrected chi connectivity index (χ0v) is 23.2. The molecular formula is C36H32O6. The lowest BCUT2D eigenvalue weighted by Crippen LogP contribution is -2.19. The third-order valence-corrected chi connectivity index (χ3v) is 7.09. The van der Waals surface area contributed by atoms with Gasteiger partial charge in [0.1, 0.15) is 24.7 Å². The predicted molar refractivity (Wildman–Crippen MR) is 162 cm³/mol. The van der Waals surface area contributed by atoms with Gasteiger partial charge in [0, 0.05) is 34.1 Å². The van der Waals surface area contributed by atoms with Crippen molar-refractivity contribution in [2.45, 2.75) is 25.0 Å². The molecule has 0 fully saturated rings. The van der Waals surface area contributed by atoms with Crippen LogP contribution in [0.15, 0.2) is 122 Å². The average molecular weight is 561 g/mol. The molecule has 5 rings (SSSR count). The second-order valence-electron chi connectivity index (χ2n) is 9.74. The summed E-state index contributed by atoms with van der Waals surface area (Å²) >= 11 is 0. The number of esters is 2. The van der Waals surface area contributed by atoms with Crippen LogP contribution in [0.5, 0.6) is 11.5 Å². The minimum atomic E-state index is -0.618. The number of fused-ring (bicyclic) bond motifs is 2. The van der Waals surface area contributed by atoms with E-state index in [1.54, 1.807) is 0 Å². The van der Waals surface area contributed by atoms with Crippen molar-refractivity contribution in [1.29, 1.82) is 0 Å². The third kappa shape index (κ3) is 6.44. The number of benzene rings is 4. The van der Waals surface area contributed by atoms with Crippen LogP contribution in [-0.2, 0) is 31.9 Å². The van der Waals surface area contributed by atoms with Crippen LogP contribution in [0.4, 0.5) is 0 Å². The Kier molecular flexibility index (Phi) is 9.14. The van der Waals surface area contributed by atoms with E-state index >= 15 is 0 Å². The largest absolute Gasteiger partial charge is 0.488 e. The Labute approximate surface area is 245 Å². The molecule has 2 unspecified atom stereocenters. The smallest absolute Gasteiger partial charge is 0.330 e. The molecule has 4 aromatic carbocycles. The second kappa shape index (κ2) is 13.5. The van der Waals surface area contributed by atoms with Crippen LogP contribution in [0, 0.1) is 0 Å². The molecule has 2 atom stereocenters. The highest BCUT2D eigenvalue weighted by Crippen LogP contribution is 2.44. The first-order chi connectivity index (χ1) is 20.6. The highest BCUT2D eigenvalue weighted by molar-refractivity contribution is 5.96. The summed E-state index contributed by atoms with van der Waals surface area (Å²) in [7, 11) is 0. The number of hydrogen-bond acceptors (Lipinski definition) is 6. The Hall–Kier alpha value is -5.10. The Morgan fingerprint density at radius 1 is 0.619 bits per heavy atom. The minimum Gasteiger partial charge on any atom is -0.488 e. The maximum atomic E-state index is 12.2. The Morgan fingerprint density at radius 3 is 1.38 bits per heavy atom. The van der Waals surface area contributed by atoms with Crippen molar-refractivity contribution in [1.82, 2.24) is 0 Å². The van der Waals surface area contributed by atoms with Crippen LogP contribution >= 0.6 is 0 Å². The van der Waals surface area contributed by atoms with Gasteiger partial charge in [0.15, 0.2) is 12.2 Å². The molecule has 0 spiro atoms. The predicted octanol–water partition coefficient (Wildman–Crippen LogP) is 7.19. The molecule has 0 saturated heterocycles. The number of rotatable bonds is 12. The van der Waals surface area contributed by atoms with E-state index in [1.165, 1.54) is 0 Å². The first kappa shape index (κ1) is 28.4. The number of allylic oxidation sites excluding steroid dienone is 2. The Balaban J connectivity index is 1.50. The number of ether oxygens (including phenoxy) is 4. The van der Waals surface area contributed by atoms with Crippen LogP contribution in [0.3, 0.4) is 0 Å². The first-order valence-corrected chi connectivity index (χ1v) is 13.8. The quantitative estimate of drug-likeness (QED) is 0.104. The zero-order chi connectivity index (χ0) is 29.3. The topological polar surface area (TPSA) is 71.1 Å². The third-order valence-electron chi connectivity index (χ3n) is 7.09. The normalized spacial score (nSPS) is 13.3. The zero-order valence-electron chi connectivity index (χ0n) is 23.2. The molecule has 212 valence electrons. The summed E-state index contributed by atoms with van der Waals surface area (Å²) in [6.45, 7) is 7.31. The second-order valence-corrected chi connectivity index (χ2v) is 9.74. The van der Waals surface area contributed by atoms with E-state index in [2.05, 4.69) is 25.3 Å². The SMILES string of the molecule is C=CC(=O)OC(COc1c2c(c(OCC(OC(=O)C=C)c3ccccc3)c3ccccc13)CC=CC2)c1ccccc1. The highest BCUT2D eigenvalue weighted by Gasteiger charge is 2.25. The Bertz CT molecular complexity index is 1490. The number of carbonyl (C=O) groups excluding carboxylic acids is 2. The molecule has 0 radical (unpaired) electrons. The molecule has 0 bridgehead atoms. The van der Waals surface area contributed by atoms with Gasteiger partial charge in [-0.05, 0) is 24.0 Å². The van der Waals surface area contributed by atoms with E-state index in [4.69, 9.17) is 18.9 Å². The van der Waals surface area contributed by atoms with Crippen molar-refractivity contribution in [3.8, 4) is 11.5 Å². The fourth-order valence-corrected chi connectivity index (χ4v) is 5.07. The maximum absolute atomic E-state index is 12.2. The molecule has 0 heterocycles. The van der Waals surface area contributed by atoms with Crippen molar-refractivity contribution in [3.63, 3.8) is 0 Å². The molecule has 0 aromatic heterocycles. The van der Waals surface area contributed by atoms with Gasteiger partial charge in [-0.25, -0.2) is 9.59 Å². The summed E-state index contributed by atoms with van der Waals surface area (Å²) in [5.74, 6) is 0.420. The van der Waals surface area contributed by atoms with Crippen LogP contribution in [0.1, 0.15) is 34.5 Å². The fraction of sp³-hybridized carbons (Fsp3) is 0.167. The molecule has 4 aromatic rings. The van der Waals surface area contributed by atoms with E-state index in [1.807, 2.05) is 84.9 Å². The monoisotopic (exact) mass is 560 g/mol. The van der Waals surface area contributed by atoms with Gasteiger partial charge in [-0.1, -0.05) is 110 Å². The van der Waals surface area contributed by atoms with Crippen molar-refractivity contribution in [3.05, 3.63) is 145 Å². The summed E-state index contributed by atoms with van der Waals surface area (Å²) in [5.41, 5.74) is 3.67. The van der Waals surface area contributed by atoms with Crippen LogP contribution < -0.4 is 9.47 Å². The summed E-state index contributed by atoms with van der Waals surface area (Å²) < 4.78 is 24.4. The van der Waals surface area contributed by atoms with Gasteiger partial charge in [0.05, 0.1) is 0 Å². The van der Waals surface area contributed by atoms with Crippen LogP contribution in [0.2, 0.25) is 0 Å². The molecule has 0 amide bonds.